The maximum atomic E-state index is 13.1. The SMILES string of the molecule is OCCCOc1ccc(-c2cccc(F)c2)cc1. The molecular weight excluding hydrogens is 231 g/mol. The van der Waals surface area contributed by atoms with Crippen LogP contribution in [0.3, 0.4) is 0 Å². The molecule has 3 heteroatoms. The molecule has 0 spiro atoms. The predicted molar refractivity (Wildman–Crippen MR) is 69.0 cm³/mol. The third-order valence-corrected chi connectivity index (χ3v) is 2.58. The molecule has 0 saturated carbocycles. The zero-order chi connectivity index (χ0) is 12.8. The van der Waals surface area contributed by atoms with Gasteiger partial charge in [0.1, 0.15) is 11.6 Å². The van der Waals surface area contributed by atoms with Gasteiger partial charge in [0.2, 0.25) is 0 Å². The maximum Gasteiger partial charge on any atom is 0.123 e. The van der Waals surface area contributed by atoms with E-state index in [2.05, 4.69) is 0 Å². The first-order chi connectivity index (χ1) is 8.79. The Morgan fingerprint density at radius 1 is 1.00 bits per heavy atom. The average molecular weight is 246 g/mol. The number of aliphatic hydroxyl groups is 1. The van der Waals surface area contributed by atoms with E-state index in [9.17, 15) is 4.39 Å². The number of aliphatic hydroxyl groups excluding tert-OH is 1. The molecule has 0 aliphatic rings. The number of benzene rings is 2. The van der Waals surface area contributed by atoms with Crippen molar-refractivity contribution in [1.82, 2.24) is 0 Å². The molecule has 0 radical (unpaired) electrons. The molecule has 0 fully saturated rings. The van der Waals surface area contributed by atoms with E-state index in [1.54, 1.807) is 6.07 Å². The molecule has 94 valence electrons. The molecule has 0 atom stereocenters. The van der Waals surface area contributed by atoms with Crippen molar-refractivity contribution in [2.24, 2.45) is 0 Å². The van der Waals surface area contributed by atoms with E-state index in [4.69, 9.17) is 9.84 Å². The summed E-state index contributed by atoms with van der Waals surface area (Å²) in [5.74, 6) is 0.513. The summed E-state index contributed by atoms with van der Waals surface area (Å²) < 4.78 is 18.5. The average Bonchev–Trinajstić information content (AvgIpc) is 2.40. The topological polar surface area (TPSA) is 29.5 Å². The van der Waals surface area contributed by atoms with Crippen molar-refractivity contribution in [3.05, 3.63) is 54.3 Å². The summed E-state index contributed by atoms with van der Waals surface area (Å²) in [6.45, 7) is 0.622. The van der Waals surface area contributed by atoms with Crippen LogP contribution in [0.25, 0.3) is 11.1 Å². The van der Waals surface area contributed by atoms with Crippen molar-refractivity contribution < 1.29 is 14.2 Å². The molecule has 2 rings (SSSR count). The lowest BCUT2D eigenvalue weighted by Gasteiger charge is -2.06. The van der Waals surface area contributed by atoms with Gasteiger partial charge in [-0.3, -0.25) is 0 Å². The Morgan fingerprint density at radius 3 is 2.44 bits per heavy atom. The van der Waals surface area contributed by atoms with Crippen LogP contribution in [0.1, 0.15) is 6.42 Å². The van der Waals surface area contributed by atoms with Crippen LogP contribution in [-0.2, 0) is 0 Å². The quantitative estimate of drug-likeness (QED) is 0.820. The van der Waals surface area contributed by atoms with E-state index in [1.165, 1.54) is 12.1 Å². The highest BCUT2D eigenvalue weighted by Crippen LogP contribution is 2.22. The monoisotopic (exact) mass is 246 g/mol. The minimum Gasteiger partial charge on any atom is -0.494 e. The van der Waals surface area contributed by atoms with Crippen LogP contribution in [0, 0.1) is 5.82 Å². The summed E-state index contributed by atoms with van der Waals surface area (Å²) >= 11 is 0. The normalized spacial score (nSPS) is 10.3. The lowest BCUT2D eigenvalue weighted by Crippen LogP contribution is -1.99. The lowest BCUT2D eigenvalue weighted by molar-refractivity contribution is 0.233. The fourth-order valence-electron chi connectivity index (χ4n) is 1.67. The number of halogens is 1. The zero-order valence-corrected chi connectivity index (χ0v) is 9.97. The van der Waals surface area contributed by atoms with E-state index in [0.29, 0.717) is 13.0 Å². The molecule has 0 aliphatic carbocycles. The highest BCUT2D eigenvalue weighted by molar-refractivity contribution is 5.64. The highest BCUT2D eigenvalue weighted by atomic mass is 19.1. The van der Waals surface area contributed by atoms with E-state index in [-0.39, 0.29) is 12.4 Å². The summed E-state index contributed by atoms with van der Waals surface area (Å²) in [5, 5.41) is 8.65. The van der Waals surface area contributed by atoms with Crippen molar-refractivity contribution in [2.75, 3.05) is 13.2 Å². The maximum absolute atomic E-state index is 13.1. The van der Waals surface area contributed by atoms with Crippen LogP contribution in [0.5, 0.6) is 5.75 Å². The van der Waals surface area contributed by atoms with Gasteiger partial charge in [-0.15, -0.1) is 0 Å². The van der Waals surface area contributed by atoms with Crippen molar-refractivity contribution >= 4 is 0 Å². The standard InChI is InChI=1S/C15H15FO2/c16-14-4-1-3-13(11-14)12-5-7-15(8-6-12)18-10-2-9-17/h1,3-8,11,17H,2,9-10H2. The van der Waals surface area contributed by atoms with Crippen molar-refractivity contribution in [3.8, 4) is 16.9 Å². The largest absolute Gasteiger partial charge is 0.494 e. The molecule has 0 unspecified atom stereocenters. The fourth-order valence-corrected chi connectivity index (χ4v) is 1.67. The van der Waals surface area contributed by atoms with E-state index in [1.807, 2.05) is 30.3 Å². The van der Waals surface area contributed by atoms with Gasteiger partial charge in [0.15, 0.2) is 0 Å². The summed E-state index contributed by atoms with van der Waals surface area (Å²) in [7, 11) is 0. The van der Waals surface area contributed by atoms with Gasteiger partial charge in [-0.2, -0.15) is 0 Å². The Hall–Kier alpha value is -1.87. The molecule has 0 aliphatic heterocycles. The van der Waals surface area contributed by atoms with Crippen molar-refractivity contribution in [2.45, 2.75) is 6.42 Å². The molecule has 0 aromatic heterocycles. The minimum absolute atomic E-state index is 0.126. The van der Waals surface area contributed by atoms with Crippen molar-refractivity contribution in [1.29, 1.82) is 0 Å². The van der Waals surface area contributed by atoms with Gasteiger partial charge < -0.3 is 9.84 Å². The van der Waals surface area contributed by atoms with Crippen LogP contribution in [0.2, 0.25) is 0 Å². The van der Waals surface area contributed by atoms with E-state index in [0.717, 1.165) is 16.9 Å². The third-order valence-electron chi connectivity index (χ3n) is 2.58. The van der Waals surface area contributed by atoms with Gasteiger partial charge >= 0.3 is 0 Å². The molecule has 0 bridgehead atoms. The lowest BCUT2D eigenvalue weighted by atomic mass is 10.1. The second kappa shape index (κ2) is 6.17. The summed E-state index contributed by atoms with van der Waals surface area (Å²) in [5.41, 5.74) is 1.79. The van der Waals surface area contributed by atoms with Gasteiger partial charge in [-0.25, -0.2) is 4.39 Å². The van der Waals surface area contributed by atoms with Crippen LogP contribution >= 0.6 is 0 Å². The molecule has 0 saturated heterocycles. The van der Waals surface area contributed by atoms with Crippen LogP contribution < -0.4 is 4.74 Å². The number of hydrogen-bond acceptors (Lipinski definition) is 2. The van der Waals surface area contributed by atoms with Gasteiger partial charge in [-0.1, -0.05) is 24.3 Å². The first-order valence-electron chi connectivity index (χ1n) is 5.89. The summed E-state index contributed by atoms with van der Waals surface area (Å²) in [6.07, 6.45) is 0.617. The molecule has 2 aromatic carbocycles. The molecular formula is C15H15FO2. The Bertz CT molecular complexity index is 494. The zero-order valence-electron chi connectivity index (χ0n) is 9.97. The third kappa shape index (κ3) is 3.31. The first kappa shape index (κ1) is 12.6. The predicted octanol–water partition coefficient (Wildman–Crippen LogP) is 3.25. The molecule has 18 heavy (non-hydrogen) atoms. The summed E-state index contributed by atoms with van der Waals surface area (Å²) in [4.78, 5) is 0. The molecule has 0 heterocycles. The Labute approximate surface area is 106 Å². The van der Waals surface area contributed by atoms with Crippen molar-refractivity contribution in [3.63, 3.8) is 0 Å². The Balaban J connectivity index is 2.07. The van der Waals surface area contributed by atoms with Gasteiger partial charge in [0.05, 0.1) is 6.61 Å². The van der Waals surface area contributed by atoms with Gasteiger partial charge in [0, 0.05) is 13.0 Å². The minimum atomic E-state index is -0.240. The Kier molecular flexibility index (Phi) is 4.31. The van der Waals surface area contributed by atoms with E-state index < -0.39 is 0 Å². The molecule has 2 nitrogen and oxygen atoms in total. The molecule has 1 N–H and O–H groups in total. The van der Waals surface area contributed by atoms with Crippen LogP contribution in [0.15, 0.2) is 48.5 Å². The Morgan fingerprint density at radius 2 is 1.78 bits per heavy atom. The fraction of sp³-hybridized carbons (Fsp3) is 0.200. The number of rotatable bonds is 5. The van der Waals surface area contributed by atoms with Gasteiger partial charge in [-0.05, 0) is 35.4 Å². The number of hydrogen-bond donors (Lipinski definition) is 1. The smallest absolute Gasteiger partial charge is 0.123 e. The van der Waals surface area contributed by atoms with Crippen LogP contribution in [0.4, 0.5) is 4.39 Å². The highest BCUT2D eigenvalue weighted by Gasteiger charge is 2.00. The second-order valence-corrected chi connectivity index (χ2v) is 3.96. The van der Waals surface area contributed by atoms with E-state index >= 15 is 0 Å². The molecule has 2 aromatic rings. The molecule has 0 amide bonds. The van der Waals surface area contributed by atoms with Gasteiger partial charge in [0.25, 0.3) is 0 Å². The second-order valence-electron chi connectivity index (χ2n) is 3.96. The first-order valence-corrected chi connectivity index (χ1v) is 5.89. The number of ether oxygens (including phenoxy) is 1. The van der Waals surface area contributed by atoms with Crippen LogP contribution in [-0.4, -0.2) is 18.3 Å². The summed E-state index contributed by atoms with van der Waals surface area (Å²) in [6, 6.07) is 14.0.